The Balaban J connectivity index is 1.75. The smallest absolute Gasteiger partial charge is 0.0579 e. The Morgan fingerprint density at radius 2 is 1.94 bits per heavy atom. The van der Waals surface area contributed by atoms with Crippen molar-refractivity contribution in [2.75, 3.05) is 6.54 Å². The first-order chi connectivity index (χ1) is 8.81. The molecule has 0 amide bonds. The summed E-state index contributed by atoms with van der Waals surface area (Å²) in [5, 5.41) is 0. The highest BCUT2D eigenvalue weighted by Gasteiger charge is 2.17. The molecule has 2 heteroatoms. The van der Waals surface area contributed by atoms with Crippen molar-refractivity contribution in [2.24, 2.45) is 0 Å². The first-order valence-electron chi connectivity index (χ1n) is 6.53. The highest BCUT2D eigenvalue weighted by Crippen LogP contribution is 2.19. The van der Waals surface area contributed by atoms with E-state index in [0.29, 0.717) is 0 Å². The minimum Gasteiger partial charge on any atom is -0.293 e. The van der Waals surface area contributed by atoms with Gasteiger partial charge in [-0.1, -0.05) is 36.4 Å². The predicted octanol–water partition coefficient (Wildman–Crippen LogP) is 2.95. The van der Waals surface area contributed by atoms with Gasteiger partial charge in [0.05, 0.1) is 5.69 Å². The molecule has 0 radical (unpaired) electrons. The molecule has 1 aromatic heterocycles. The van der Waals surface area contributed by atoms with E-state index in [4.69, 9.17) is 0 Å². The van der Waals surface area contributed by atoms with Crippen molar-refractivity contribution in [2.45, 2.75) is 26.4 Å². The topological polar surface area (TPSA) is 16.1 Å². The summed E-state index contributed by atoms with van der Waals surface area (Å²) in [5.41, 5.74) is 5.19. The van der Waals surface area contributed by atoms with Crippen LogP contribution >= 0.6 is 0 Å². The molecule has 2 heterocycles. The summed E-state index contributed by atoms with van der Waals surface area (Å²) in [5.74, 6) is 0. The number of aryl methyl sites for hydroxylation is 1. The second-order valence-corrected chi connectivity index (χ2v) is 5.00. The standard InChI is InChI=1S/C16H18N2/c1-13-7-8-15-9-10-18(12-16(15)17-13)11-14-5-3-2-4-6-14/h2-8H,9-12H2,1H3. The van der Waals surface area contributed by atoms with E-state index >= 15 is 0 Å². The number of fused-ring (bicyclic) bond motifs is 1. The molecular weight excluding hydrogens is 220 g/mol. The molecule has 92 valence electrons. The highest BCUT2D eigenvalue weighted by molar-refractivity contribution is 5.25. The lowest BCUT2D eigenvalue weighted by atomic mass is 10.0. The number of aromatic nitrogens is 1. The van der Waals surface area contributed by atoms with Crippen LogP contribution in [0.25, 0.3) is 0 Å². The number of rotatable bonds is 2. The Morgan fingerprint density at radius 1 is 1.11 bits per heavy atom. The van der Waals surface area contributed by atoms with E-state index in [1.165, 1.54) is 16.8 Å². The van der Waals surface area contributed by atoms with Gasteiger partial charge in [0, 0.05) is 25.3 Å². The summed E-state index contributed by atoms with van der Waals surface area (Å²) in [4.78, 5) is 7.14. The molecule has 1 aliphatic rings. The molecule has 0 saturated heterocycles. The lowest BCUT2D eigenvalue weighted by molar-refractivity contribution is 0.241. The van der Waals surface area contributed by atoms with Crippen molar-refractivity contribution in [3.8, 4) is 0 Å². The van der Waals surface area contributed by atoms with Crippen LogP contribution in [0.2, 0.25) is 0 Å². The van der Waals surface area contributed by atoms with Crippen LogP contribution < -0.4 is 0 Å². The van der Waals surface area contributed by atoms with Crippen LogP contribution in [-0.2, 0) is 19.5 Å². The summed E-state index contributed by atoms with van der Waals surface area (Å²) >= 11 is 0. The molecule has 0 saturated carbocycles. The van der Waals surface area contributed by atoms with Crippen LogP contribution in [0.3, 0.4) is 0 Å². The van der Waals surface area contributed by atoms with E-state index in [0.717, 1.165) is 31.7 Å². The quantitative estimate of drug-likeness (QED) is 0.799. The zero-order valence-electron chi connectivity index (χ0n) is 10.8. The molecule has 1 aliphatic heterocycles. The maximum absolute atomic E-state index is 4.66. The number of hydrogen-bond donors (Lipinski definition) is 0. The maximum Gasteiger partial charge on any atom is 0.0579 e. The molecule has 0 fully saturated rings. The van der Waals surface area contributed by atoms with Crippen molar-refractivity contribution < 1.29 is 0 Å². The minimum absolute atomic E-state index is 0.978. The van der Waals surface area contributed by atoms with Gasteiger partial charge in [0.25, 0.3) is 0 Å². The molecule has 0 aliphatic carbocycles. The van der Waals surface area contributed by atoms with Crippen LogP contribution in [0.4, 0.5) is 0 Å². The Bertz CT molecular complexity index is 534. The predicted molar refractivity (Wildman–Crippen MR) is 73.2 cm³/mol. The van der Waals surface area contributed by atoms with Crippen LogP contribution in [0.5, 0.6) is 0 Å². The fourth-order valence-electron chi connectivity index (χ4n) is 2.55. The largest absolute Gasteiger partial charge is 0.293 e. The molecule has 3 rings (SSSR count). The van der Waals surface area contributed by atoms with Gasteiger partial charge in [-0.25, -0.2) is 0 Å². The van der Waals surface area contributed by atoms with E-state index in [-0.39, 0.29) is 0 Å². The van der Waals surface area contributed by atoms with Gasteiger partial charge in [0.15, 0.2) is 0 Å². The van der Waals surface area contributed by atoms with Gasteiger partial charge in [-0.15, -0.1) is 0 Å². The first-order valence-corrected chi connectivity index (χ1v) is 6.53. The van der Waals surface area contributed by atoms with Crippen LogP contribution in [0.15, 0.2) is 42.5 Å². The summed E-state index contributed by atoms with van der Waals surface area (Å²) < 4.78 is 0. The Kier molecular flexibility index (Phi) is 3.11. The number of benzene rings is 1. The fourth-order valence-corrected chi connectivity index (χ4v) is 2.55. The Hall–Kier alpha value is -1.67. The molecule has 0 spiro atoms. The van der Waals surface area contributed by atoms with Gasteiger partial charge in [0.2, 0.25) is 0 Å². The van der Waals surface area contributed by atoms with E-state index in [2.05, 4.69) is 59.3 Å². The van der Waals surface area contributed by atoms with Gasteiger partial charge >= 0.3 is 0 Å². The Labute approximate surface area is 108 Å². The summed E-state index contributed by atoms with van der Waals surface area (Å²) in [6.45, 7) is 5.20. The number of nitrogens with zero attached hydrogens (tertiary/aromatic N) is 2. The summed E-state index contributed by atoms with van der Waals surface area (Å²) in [6.07, 6.45) is 1.12. The molecule has 2 nitrogen and oxygen atoms in total. The Morgan fingerprint density at radius 3 is 2.78 bits per heavy atom. The van der Waals surface area contributed by atoms with Gasteiger partial charge in [0.1, 0.15) is 0 Å². The van der Waals surface area contributed by atoms with Gasteiger partial charge in [-0.3, -0.25) is 9.88 Å². The van der Waals surface area contributed by atoms with Crippen molar-refractivity contribution in [1.82, 2.24) is 9.88 Å². The summed E-state index contributed by atoms with van der Waals surface area (Å²) in [6, 6.07) is 15.0. The van der Waals surface area contributed by atoms with E-state index < -0.39 is 0 Å². The van der Waals surface area contributed by atoms with Crippen LogP contribution in [0.1, 0.15) is 22.5 Å². The van der Waals surface area contributed by atoms with E-state index in [9.17, 15) is 0 Å². The third-order valence-corrected chi connectivity index (χ3v) is 3.53. The molecular formula is C16H18N2. The average molecular weight is 238 g/mol. The molecule has 1 aromatic carbocycles. The third-order valence-electron chi connectivity index (χ3n) is 3.53. The number of hydrogen-bond acceptors (Lipinski definition) is 2. The first kappa shape index (κ1) is 11.4. The van der Waals surface area contributed by atoms with Gasteiger partial charge < -0.3 is 0 Å². The van der Waals surface area contributed by atoms with Crippen molar-refractivity contribution in [3.63, 3.8) is 0 Å². The zero-order chi connectivity index (χ0) is 12.4. The zero-order valence-corrected chi connectivity index (χ0v) is 10.8. The van der Waals surface area contributed by atoms with E-state index in [1.807, 2.05) is 0 Å². The van der Waals surface area contributed by atoms with Crippen molar-refractivity contribution >= 4 is 0 Å². The van der Waals surface area contributed by atoms with Crippen LogP contribution in [0, 0.1) is 6.92 Å². The molecule has 0 unspecified atom stereocenters. The van der Waals surface area contributed by atoms with Crippen LogP contribution in [-0.4, -0.2) is 16.4 Å². The summed E-state index contributed by atoms with van der Waals surface area (Å²) in [7, 11) is 0. The average Bonchev–Trinajstić information content (AvgIpc) is 2.39. The molecule has 18 heavy (non-hydrogen) atoms. The lowest BCUT2D eigenvalue weighted by Gasteiger charge is -2.28. The number of pyridine rings is 1. The molecule has 0 atom stereocenters. The van der Waals surface area contributed by atoms with E-state index in [1.54, 1.807) is 0 Å². The maximum atomic E-state index is 4.66. The minimum atomic E-state index is 0.978. The second kappa shape index (κ2) is 4.91. The molecule has 0 bridgehead atoms. The SMILES string of the molecule is Cc1ccc2c(n1)CN(Cc1ccccc1)CC2. The normalized spacial score (nSPS) is 15.4. The monoisotopic (exact) mass is 238 g/mol. The molecule has 0 N–H and O–H groups in total. The van der Waals surface area contributed by atoms with Crippen molar-refractivity contribution in [3.05, 3.63) is 65.0 Å². The fraction of sp³-hybridized carbons (Fsp3) is 0.312. The lowest BCUT2D eigenvalue weighted by Crippen LogP contribution is -2.30. The third kappa shape index (κ3) is 2.44. The van der Waals surface area contributed by atoms with Gasteiger partial charge in [-0.2, -0.15) is 0 Å². The molecule has 2 aromatic rings. The van der Waals surface area contributed by atoms with Crippen molar-refractivity contribution in [1.29, 1.82) is 0 Å². The highest BCUT2D eigenvalue weighted by atomic mass is 15.1. The van der Waals surface area contributed by atoms with Gasteiger partial charge in [-0.05, 0) is 30.5 Å². The second-order valence-electron chi connectivity index (χ2n) is 5.00.